The van der Waals surface area contributed by atoms with Gasteiger partial charge in [-0.15, -0.1) is 0 Å². The molecule has 5 heteroatoms. The van der Waals surface area contributed by atoms with Crippen molar-refractivity contribution in [2.75, 3.05) is 6.54 Å². The number of nitrogens with two attached hydrogens (primary N) is 1. The quantitative estimate of drug-likeness (QED) is 0.268. The third-order valence-corrected chi connectivity index (χ3v) is 2.03. The lowest BCUT2D eigenvalue weighted by atomic mass is 9.92. The molecule has 0 aromatic carbocycles. The highest BCUT2D eigenvalue weighted by Gasteiger charge is 2.24. The summed E-state index contributed by atoms with van der Waals surface area (Å²) in [5.41, 5.74) is 4.93. The van der Waals surface area contributed by atoms with Crippen molar-refractivity contribution in [2.45, 2.75) is 27.7 Å². The lowest BCUT2D eigenvalue weighted by Crippen LogP contribution is -2.43. The van der Waals surface area contributed by atoms with Gasteiger partial charge in [-0.05, 0) is 0 Å². The number of amidine groups is 1. The van der Waals surface area contributed by atoms with E-state index in [-0.39, 0.29) is 17.7 Å². The summed E-state index contributed by atoms with van der Waals surface area (Å²) in [4.78, 5) is 11.2. The second kappa shape index (κ2) is 4.83. The van der Waals surface area contributed by atoms with Crippen LogP contribution in [0.25, 0.3) is 0 Å². The SMILES string of the molecule is CC(C)C(=O)NCC(C)(C)C(N)=NO. The van der Waals surface area contributed by atoms with Crippen LogP contribution >= 0.6 is 0 Å². The molecule has 0 heterocycles. The van der Waals surface area contributed by atoms with Crippen molar-refractivity contribution in [3.05, 3.63) is 0 Å². The largest absolute Gasteiger partial charge is 0.409 e. The Morgan fingerprint density at radius 2 is 2.07 bits per heavy atom. The van der Waals surface area contributed by atoms with E-state index in [1.54, 1.807) is 13.8 Å². The minimum Gasteiger partial charge on any atom is -0.409 e. The van der Waals surface area contributed by atoms with Gasteiger partial charge in [-0.2, -0.15) is 0 Å². The highest BCUT2D eigenvalue weighted by molar-refractivity contribution is 5.86. The molecule has 5 nitrogen and oxygen atoms in total. The fourth-order valence-electron chi connectivity index (χ4n) is 0.738. The molecule has 0 aromatic heterocycles. The maximum Gasteiger partial charge on any atom is 0.222 e. The minimum absolute atomic E-state index is 0.0381. The molecule has 0 fully saturated rings. The van der Waals surface area contributed by atoms with Crippen LogP contribution in [0.2, 0.25) is 0 Å². The topological polar surface area (TPSA) is 87.7 Å². The van der Waals surface area contributed by atoms with E-state index in [0.717, 1.165) is 0 Å². The van der Waals surface area contributed by atoms with Crippen LogP contribution in [-0.2, 0) is 4.79 Å². The number of nitrogens with zero attached hydrogens (tertiary/aromatic N) is 1. The zero-order chi connectivity index (χ0) is 11.4. The lowest BCUT2D eigenvalue weighted by Gasteiger charge is -2.23. The number of oxime groups is 1. The van der Waals surface area contributed by atoms with Gasteiger partial charge in [0, 0.05) is 17.9 Å². The van der Waals surface area contributed by atoms with E-state index in [4.69, 9.17) is 10.9 Å². The van der Waals surface area contributed by atoms with Crippen LogP contribution in [0.3, 0.4) is 0 Å². The predicted octanol–water partition coefficient (Wildman–Crippen LogP) is 0.531. The highest BCUT2D eigenvalue weighted by atomic mass is 16.4. The number of nitrogens with one attached hydrogen (secondary N) is 1. The first-order valence-electron chi connectivity index (χ1n) is 4.57. The summed E-state index contributed by atoms with van der Waals surface area (Å²) in [5, 5.41) is 14.1. The first-order chi connectivity index (χ1) is 6.31. The first kappa shape index (κ1) is 12.7. The summed E-state index contributed by atoms with van der Waals surface area (Å²) in [7, 11) is 0. The Kier molecular flexibility index (Phi) is 4.40. The monoisotopic (exact) mass is 201 g/mol. The number of amides is 1. The molecule has 0 spiro atoms. The van der Waals surface area contributed by atoms with Gasteiger partial charge in [-0.25, -0.2) is 0 Å². The number of carbonyl (C=O) groups excluding carboxylic acids is 1. The molecule has 1 amide bonds. The predicted molar refractivity (Wildman–Crippen MR) is 55.0 cm³/mol. The zero-order valence-electron chi connectivity index (χ0n) is 9.16. The number of rotatable bonds is 4. The van der Waals surface area contributed by atoms with E-state index in [1.165, 1.54) is 0 Å². The summed E-state index contributed by atoms with van der Waals surface area (Å²) in [6.45, 7) is 7.57. The van der Waals surface area contributed by atoms with Crippen molar-refractivity contribution in [3.63, 3.8) is 0 Å². The average molecular weight is 201 g/mol. The third-order valence-electron chi connectivity index (χ3n) is 2.03. The van der Waals surface area contributed by atoms with Gasteiger partial charge in [-0.1, -0.05) is 32.9 Å². The van der Waals surface area contributed by atoms with Gasteiger partial charge in [0.2, 0.25) is 5.91 Å². The van der Waals surface area contributed by atoms with Crippen LogP contribution in [0.15, 0.2) is 5.16 Å². The molecule has 0 aromatic rings. The van der Waals surface area contributed by atoms with E-state index in [0.29, 0.717) is 6.54 Å². The number of hydrogen-bond acceptors (Lipinski definition) is 3. The summed E-state index contributed by atoms with van der Waals surface area (Å²) in [6.07, 6.45) is 0. The van der Waals surface area contributed by atoms with Crippen molar-refractivity contribution < 1.29 is 10.0 Å². The molecule has 0 aliphatic heterocycles. The van der Waals surface area contributed by atoms with Gasteiger partial charge in [-0.3, -0.25) is 4.79 Å². The maximum atomic E-state index is 11.2. The smallest absolute Gasteiger partial charge is 0.222 e. The van der Waals surface area contributed by atoms with Crippen molar-refractivity contribution in [3.8, 4) is 0 Å². The molecule has 0 saturated carbocycles. The maximum absolute atomic E-state index is 11.2. The molecule has 82 valence electrons. The fraction of sp³-hybridized carbons (Fsp3) is 0.778. The lowest BCUT2D eigenvalue weighted by molar-refractivity contribution is -0.124. The van der Waals surface area contributed by atoms with Gasteiger partial charge in [0.25, 0.3) is 0 Å². The molecular weight excluding hydrogens is 182 g/mol. The van der Waals surface area contributed by atoms with Crippen LogP contribution in [0, 0.1) is 11.3 Å². The molecule has 0 bridgehead atoms. The molecular formula is C9H19N3O2. The van der Waals surface area contributed by atoms with E-state index in [1.807, 2.05) is 13.8 Å². The number of carbonyl (C=O) groups is 1. The highest BCUT2D eigenvalue weighted by Crippen LogP contribution is 2.13. The molecule has 4 N–H and O–H groups in total. The second-order valence-electron chi connectivity index (χ2n) is 4.24. The van der Waals surface area contributed by atoms with E-state index >= 15 is 0 Å². The Morgan fingerprint density at radius 3 is 2.43 bits per heavy atom. The summed E-state index contributed by atoms with van der Waals surface area (Å²) in [5.74, 6) is 0.0171. The third kappa shape index (κ3) is 3.64. The number of hydrogen-bond donors (Lipinski definition) is 3. The summed E-state index contributed by atoms with van der Waals surface area (Å²) < 4.78 is 0. The molecule has 14 heavy (non-hydrogen) atoms. The van der Waals surface area contributed by atoms with E-state index in [9.17, 15) is 4.79 Å². The molecule has 0 rings (SSSR count). The van der Waals surface area contributed by atoms with Crippen molar-refractivity contribution in [1.82, 2.24) is 5.32 Å². The Bertz CT molecular complexity index is 234. The Morgan fingerprint density at radius 1 is 1.57 bits per heavy atom. The van der Waals surface area contributed by atoms with Gasteiger partial charge >= 0.3 is 0 Å². The van der Waals surface area contributed by atoms with Crippen molar-refractivity contribution in [1.29, 1.82) is 0 Å². The standard InChI is InChI=1S/C9H19N3O2/c1-6(2)7(13)11-5-9(3,4)8(10)12-14/h6,14H,5H2,1-4H3,(H2,10,12)(H,11,13). The molecule has 0 aliphatic rings. The normalized spacial score (nSPS) is 13.1. The second-order valence-corrected chi connectivity index (χ2v) is 4.24. The van der Waals surface area contributed by atoms with Gasteiger partial charge in [0.1, 0.15) is 5.84 Å². The molecule has 0 saturated heterocycles. The van der Waals surface area contributed by atoms with Crippen molar-refractivity contribution >= 4 is 11.7 Å². The summed E-state index contributed by atoms with van der Waals surface area (Å²) >= 11 is 0. The molecule has 0 unspecified atom stereocenters. The van der Waals surface area contributed by atoms with Crippen LogP contribution < -0.4 is 11.1 Å². The molecule has 0 atom stereocenters. The van der Waals surface area contributed by atoms with E-state index < -0.39 is 5.41 Å². The fourth-order valence-corrected chi connectivity index (χ4v) is 0.738. The van der Waals surface area contributed by atoms with Crippen LogP contribution in [0.1, 0.15) is 27.7 Å². The van der Waals surface area contributed by atoms with Crippen LogP contribution in [0.5, 0.6) is 0 Å². The minimum atomic E-state index is -0.528. The summed E-state index contributed by atoms with van der Waals surface area (Å²) in [6, 6.07) is 0. The van der Waals surface area contributed by atoms with E-state index in [2.05, 4.69) is 10.5 Å². The van der Waals surface area contributed by atoms with Crippen LogP contribution in [0.4, 0.5) is 0 Å². The zero-order valence-corrected chi connectivity index (χ0v) is 9.16. The molecule has 0 aliphatic carbocycles. The Labute approximate surface area is 84.4 Å². The Balaban J connectivity index is 4.19. The Hall–Kier alpha value is -1.26. The first-order valence-corrected chi connectivity index (χ1v) is 4.57. The average Bonchev–Trinajstić information content (AvgIpc) is 2.12. The van der Waals surface area contributed by atoms with Gasteiger partial charge < -0.3 is 16.3 Å². The van der Waals surface area contributed by atoms with Gasteiger partial charge in [0.05, 0.1) is 0 Å². The van der Waals surface area contributed by atoms with Crippen LogP contribution in [-0.4, -0.2) is 23.5 Å². The molecule has 0 radical (unpaired) electrons. The van der Waals surface area contributed by atoms with Crippen molar-refractivity contribution in [2.24, 2.45) is 22.2 Å². The van der Waals surface area contributed by atoms with Gasteiger partial charge in [0.15, 0.2) is 0 Å².